The van der Waals surface area contributed by atoms with E-state index in [1.807, 2.05) is 13.0 Å². The first kappa shape index (κ1) is 13.0. The number of rotatable bonds is 3. The molecule has 1 amide bonds. The van der Waals surface area contributed by atoms with Crippen LogP contribution in [0.15, 0.2) is 48.7 Å². The number of amides is 1. The van der Waals surface area contributed by atoms with Crippen molar-refractivity contribution >= 4 is 17.8 Å². The predicted octanol–water partition coefficient (Wildman–Crippen LogP) is 3.18. The SMILES string of the molecule is Cc1cccnc1NC(=O)C=Cc1ccc(F)cc1. The van der Waals surface area contributed by atoms with Crippen molar-refractivity contribution in [3.8, 4) is 0 Å². The van der Waals surface area contributed by atoms with Crippen LogP contribution in [0, 0.1) is 12.7 Å². The topological polar surface area (TPSA) is 42.0 Å². The van der Waals surface area contributed by atoms with Crippen LogP contribution >= 0.6 is 0 Å². The van der Waals surface area contributed by atoms with Gasteiger partial charge in [0.2, 0.25) is 5.91 Å². The van der Waals surface area contributed by atoms with Crippen LogP contribution in [0.3, 0.4) is 0 Å². The summed E-state index contributed by atoms with van der Waals surface area (Å²) in [6.07, 6.45) is 4.63. The van der Waals surface area contributed by atoms with Gasteiger partial charge in [-0.05, 0) is 42.3 Å². The van der Waals surface area contributed by atoms with E-state index in [1.165, 1.54) is 18.2 Å². The van der Waals surface area contributed by atoms with Crippen LogP contribution in [0.5, 0.6) is 0 Å². The van der Waals surface area contributed by atoms with Gasteiger partial charge in [-0.25, -0.2) is 9.37 Å². The Bertz CT molecular complexity index is 606. The van der Waals surface area contributed by atoms with Crippen molar-refractivity contribution in [2.75, 3.05) is 5.32 Å². The van der Waals surface area contributed by atoms with Crippen molar-refractivity contribution in [3.63, 3.8) is 0 Å². The third-order valence-corrected chi connectivity index (χ3v) is 2.55. The van der Waals surface area contributed by atoms with Crippen LogP contribution in [0.2, 0.25) is 0 Å². The molecule has 0 atom stereocenters. The minimum Gasteiger partial charge on any atom is -0.307 e. The molecule has 0 bridgehead atoms. The molecule has 0 unspecified atom stereocenters. The molecule has 2 rings (SSSR count). The third-order valence-electron chi connectivity index (χ3n) is 2.55. The number of halogens is 1. The molecule has 19 heavy (non-hydrogen) atoms. The lowest BCUT2D eigenvalue weighted by Gasteiger charge is -2.03. The molecule has 0 aliphatic heterocycles. The van der Waals surface area contributed by atoms with Crippen LogP contribution < -0.4 is 5.32 Å². The van der Waals surface area contributed by atoms with Gasteiger partial charge in [0.15, 0.2) is 0 Å². The van der Waals surface area contributed by atoms with Gasteiger partial charge in [0, 0.05) is 12.3 Å². The van der Waals surface area contributed by atoms with Crippen LogP contribution in [-0.2, 0) is 4.79 Å². The maximum absolute atomic E-state index is 12.7. The first-order chi connectivity index (χ1) is 9.15. The lowest BCUT2D eigenvalue weighted by molar-refractivity contribution is -0.111. The number of carbonyl (C=O) groups is 1. The Morgan fingerprint density at radius 2 is 2.00 bits per heavy atom. The van der Waals surface area contributed by atoms with E-state index in [4.69, 9.17) is 0 Å². The fourth-order valence-electron chi connectivity index (χ4n) is 1.52. The summed E-state index contributed by atoms with van der Waals surface area (Å²) in [5, 5.41) is 2.68. The molecule has 1 heterocycles. The molecule has 4 heteroatoms. The van der Waals surface area contributed by atoms with Crippen molar-refractivity contribution in [1.82, 2.24) is 4.98 Å². The Morgan fingerprint density at radius 3 is 2.68 bits per heavy atom. The van der Waals surface area contributed by atoms with Gasteiger partial charge >= 0.3 is 0 Å². The molecule has 3 nitrogen and oxygen atoms in total. The summed E-state index contributed by atoms with van der Waals surface area (Å²) in [7, 11) is 0. The molecule has 0 spiro atoms. The Hall–Kier alpha value is -2.49. The first-order valence-corrected chi connectivity index (χ1v) is 5.81. The molecule has 0 aliphatic carbocycles. The van der Waals surface area contributed by atoms with Gasteiger partial charge in [-0.15, -0.1) is 0 Å². The fourth-order valence-corrected chi connectivity index (χ4v) is 1.52. The van der Waals surface area contributed by atoms with Crippen LogP contribution in [0.4, 0.5) is 10.2 Å². The largest absolute Gasteiger partial charge is 0.307 e. The van der Waals surface area contributed by atoms with Crippen molar-refractivity contribution in [2.24, 2.45) is 0 Å². The average molecular weight is 256 g/mol. The second-order valence-electron chi connectivity index (χ2n) is 4.04. The summed E-state index contributed by atoms with van der Waals surface area (Å²) < 4.78 is 12.7. The number of hydrogen-bond acceptors (Lipinski definition) is 2. The number of nitrogens with one attached hydrogen (secondary N) is 1. The number of hydrogen-bond donors (Lipinski definition) is 1. The number of aromatic nitrogens is 1. The van der Waals surface area contributed by atoms with E-state index in [-0.39, 0.29) is 11.7 Å². The number of nitrogens with zero attached hydrogens (tertiary/aromatic N) is 1. The van der Waals surface area contributed by atoms with Crippen molar-refractivity contribution in [3.05, 3.63) is 65.6 Å². The van der Waals surface area contributed by atoms with E-state index >= 15 is 0 Å². The van der Waals surface area contributed by atoms with Crippen LogP contribution in [0.25, 0.3) is 6.08 Å². The van der Waals surface area contributed by atoms with Crippen molar-refractivity contribution < 1.29 is 9.18 Å². The second kappa shape index (κ2) is 5.91. The van der Waals surface area contributed by atoms with Crippen molar-refractivity contribution in [2.45, 2.75) is 6.92 Å². The van der Waals surface area contributed by atoms with E-state index in [9.17, 15) is 9.18 Å². The predicted molar refractivity (Wildman–Crippen MR) is 73.0 cm³/mol. The summed E-state index contributed by atoms with van der Waals surface area (Å²) in [4.78, 5) is 15.8. The monoisotopic (exact) mass is 256 g/mol. The molecular weight excluding hydrogens is 243 g/mol. The molecule has 0 saturated carbocycles. The minimum atomic E-state index is -0.300. The van der Waals surface area contributed by atoms with E-state index in [0.29, 0.717) is 5.82 Å². The minimum absolute atomic E-state index is 0.272. The van der Waals surface area contributed by atoms with Gasteiger partial charge in [0.25, 0.3) is 0 Å². The van der Waals surface area contributed by atoms with Gasteiger partial charge in [-0.3, -0.25) is 4.79 Å². The smallest absolute Gasteiger partial charge is 0.249 e. The van der Waals surface area contributed by atoms with E-state index in [1.54, 1.807) is 30.5 Å². The average Bonchev–Trinajstić information content (AvgIpc) is 2.41. The van der Waals surface area contributed by atoms with Crippen molar-refractivity contribution in [1.29, 1.82) is 0 Å². The summed E-state index contributed by atoms with van der Waals surface area (Å²) in [6, 6.07) is 9.57. The molecule has 1 aromatic heterocycles. The molecule has 0 radical (unpaired) electrons. The highest BCUT2D eigenvalue weighted by atomic mass is 19.1. The number of carbonyl (C=O) groups excluding carboxylic acids is 1. The molecule has 1 aromatic carbocycles. The number of pyridine rings is 1. The van der Waals surface area contributed by atoms with Gasteiger partial charge in [-0.1, -0.05) is 18.2 Å². The van der Waals surface area contributed by atoms with Crippen LogP contribution in [0.1, 0.15) is 11.1 Å². The van der Waals surface area contributed by atoms with E-state index < -0.39 is 0 Å². The molecule has 1 N–H and O–H groups in total. The molecule has 0 aliphatic rings. The Morgan fingerprint density at radius 1 is 1.26 bits per heavy atom. The van der Waals surface area contributed by atoms with E-state index in [2.05, 4.69) is 10.3 Å². The highest BCUT2D eigenvalue weighted by Crippen LogP contribution is 2.09. The van der Waals surface area contributed by atoms with Crippen LogP contribution in [-0.4, -0.2) is 10.9 Å². The number of benzene rings is 1. The lowest BCUT2D eigenvalue weighted by atomic mass is 10.2. The number of aryl methyl sites for hydroxylation is 1. The molecule has 2 aromatic rings. The summed E-state index contributed by atoms with van der Waals surface area (Å²) in [5.74, 6) is -0.0342. The zero-order chi connectivity index (χ0) is 13.7. The standard InChI is InChI=1S/C15H13FN2O/c1-11-3-2-10-17-15(11)18-14(19)9-6-12-4-7-13(16)8-5-12/h2-10H,1H3,(H,17,18,19). The van der Waals surface area contributed by atoms with Gasteiger partial charge < -0.3 is 5.32 Å². The highest BCUT2D eigenvalue weighted by molar-refractivity contribution is 6.01. The second-order valence-corrected chi connectivity index (χ2v) is 4.04. The Balaban J connectivity index is 2.02. The summed E-state index contributed by atoms with van der Waals surface area (Å²) in [6.45, 7) is 1.87. The first-order valence-electron chi connectivity index (χ1n) is 5.81. The zero-order valence-corrected chi connectivity index (χ0v) is 10.4. The van der Waals surface area contributed by atoms with Gasteiger partial charge in [-0.2, -0.15) is 0 Å². The Labute approximate surface area is 110 Å². The molecule has 0 fully saturated rings. The molecule has 96 valence electrons. The van der Waals surface area contributed by atoms with Gasteiger partial charge in [0.05, 0.1) is 0 Å². The molecule has 0 saturated heterocycles. The maximum Gasteiger partial charge on any atom is 0.249 e. The summed E-state index contributed by atoms with van der Waals surface area (Å²) >= 11 is 0. The highest BCUT2D eigenvalue weighted by Gasteiger charge is 2.01. The number of anilines is 1. The van der Waals surface area contributed by atoms with E-state index in [0.717, 1.165) is 11.1 Å². The summed E-state index contributed by atoms with van der Waals surface area (Å²) in [5.41, 5.74) is 1.65. The zero-order valence-electron chi connectivity index (χ0n) is 10.4. The normalized spacial score (nSPS) is 10.6. The molecular formula is C15H13FN2O. The Kier molecular flexibility index (Phi) is 4.03. The van der Waals surface area contributed by atoms with Gasteiger partial charge in [0.1, 0.15) is 11.6 Å². The fraction of sp³-hybridized carbons (Fsp3) is 0.0667. The third kappa shape index (κ3) is 3.74. The lowest BCUT2D eigenvalue weighted by Crippen LogP contribution is -2.10. The maximum atomic E-state index is 12.7. The quantitative estimate of drug-likeness (QED) is 0.857.